The first kappa shape index (κ1) is 22.6. The molecule has 0 aliphatic carbocycles. The fraction of sp³-hybridized carbons (Fsp3) is 0.440. The minimum atomic E-state index is 0.155. The number of carbonyl (C=O) groups excluding carboxylic acids is 1. The van der Waals surface area contributed by atoms with Crippen LogP contribution in [0, 0.1) is 17.2 Å². The maximum absolute atomic E-state index is 11.8. The zero-order chi connectivity index (χ0) is 23.4. The van der Waals surface area contributed by atoms with Crippen molar-refractivity contribution in [3.05, 3.63) is 42.4 Å². The zero-order valence-corrected chi connectivity index (χ0v) is 19.5. The third-order valence-corrected chi connectivity index (χ3v) is 6.23. The molecule has 33 heavy (non-hydrogen) atoms. The molecular weight excluding hydrogens is 416 g/mol. The molecule has 1 atom stereocenters. The third kappa shape index (κ3) is 4.77. The van der Waals surface area contributed by atoms with E-state index in [0.29, 0.717) is 23.8 Å². The summed E-state index contributed by atoms with van der Waals surface area (Å²) in [7, 11) is 0. The predicted molar refractivity (Wildman–Crippen MR) is 127 cm³/mol. The number of piperidine rings is 1. The highest BCUT2D eigenvalue weighted by Crippen LogP contribution is 2.31. The van der Waals surface area contributed by atoms with Crippen molar-refractivity contribution in [2.75, 3.05) is 37.7 Å². The van der Waals surface area contributed by atoms with Gasteiger partial charge < -0.3 is 14.5 Å². The molecule has 3 aromatic heterocycles. The molecule has 0 bridgehead atoms. The van der Waals surface area contributed by atoms with Crippen molar-refractivity contribution in [3.63, 3.8) is 0 Å². The molecule has 0 N–H and O–H groups in total. The molecule has 3 aromatic rings. The molecule has 4 heterocycles. The van der Waals surface area contributed by atoms with E-state index in [9.17, 15) is 10.1 Å². The van der Waals surface area contributed by atoms with Gasteiger partial charge in [-0.1, -0.05) is 0 Å². The first-order valence-electron chi connectivity index (χ1n) is 11.5. The Morgan fingerprint density at radius 3 is 2.85 bits per heavy atom. The minimum Gasteiger partial charge on any atom is -0.492 e. The number of anilines is 1. The summed E-state index contributed by atoms with van der Waals surface area (Å²) < 4.78 is 7.40. The van der Waals surface area contributed by atoms with Crippen molar-refractivity contribution < 1.29 is 9.53 Å². The highest BCUT2D eigenvalue weighted by molar-refractivity contribution is 5.85. The highest BCUT2D eigenvalue weighted by atomic mass is 16.5. The Kier molecular flexibility index (Phi) is 6.78. The van der Waals surface area contributed by atoms with Crippen LogP contribution in [0.15, 0.2) is 36.8 Å². The molecule has 1 amide bonds. The van der Waals surface area contributed by atoms with Crippen LogP contribution in [-0.2, 0) is 4.79 Å². The van der Waals surface area contributed by atoms with E-state index in [2.05, 4.69) is 23.0 Å². The van der Waals surface area contributed by atoms with E-state index >= 15 is 0 Å². The summed E-state index contributed by atoms with van der Waals surface area (Å²) in [6.07, 6.45) is 7.38. The molecule has 1 aliphatic heterocycles. The number of carbonyl (C=O) groups is 1. The number of amides is 1. The number of aromatic nitrogens is 3. The highest BCUT2D eigenvalue weighted by Gasteiger charge is 2.24. The third-order valence-electron chi connectivity index (χ3n) is 6.23. The summed E-state index contributed by atoms with van der Waals surface area (Å²) in [5, 5.41) is 13.9. The van der Waals surface area contributed by atoms with E-state index in [1.165, 1.54) is 0 Å². The Bertz CT molecular complexity index is 1160. The Morgan fingerprint density at radius 2 is 2.18 bits per heavy atom. The Balaban J connectivity index is 1.60. The van der Waals surface area contributed by atoms with Crippen LogP contribution in [0.4, 0.5) is 5.82 Å². The molecule has 8 nitrogen and oxygen atoms in total. The smallest absolute Gasteiger partial charge is 0.219 e. The Labute approximate surface area is 194 Å². The molecule has 4 rings (SSSR count). The van der Waals surface area contributed by atoms with E-state index in [4.69, 9.17) is 9.72 Å². The number of hydrogen-bond donors (Lipinski definition) is 0. The molecule has 0 spiro atoms. The van der Waals surface area contributed by atoms with Crippen LogP contribution < -0.4 is 9.64 Å². The molecule has 1 unspecified atom stereocenters. The maximum Gasteiger partial charge on any atom is 0.219 e. The largest absolute Gasteiger partial charge is 0.492 e. The van der Waals surface area contributed by atoms with Crippen LogP contribution in [0.5, 0.6) is 5.75 Å². The molecule has 1 saturated heterocycles. The number of fused-ring (bicyclic) bond motifs is 1. The maximum atomic E-state index is 11.8. The monoisotopic (exact) mass is 446 g/mol. The van der Waals surface area contributed by atoms with Gasteiger partial charge in [-0.15, -0.1) is 0 Å². The second kappa shape index (κ2) is 9.90. The van der Waals surface area contributed by atoms with E-state index in [1.54, 1.807) is 23.8 Å². The van der Waals surface area contributed by atoms with Gasteiger partial charge >= 0.3 is 0 Å². The first-order chi connectivity index (χ1) is 16.0. The van der Waals surface area contributed by atoms with Crippen molar-refractivity contribution in [1.29, 1.82) is 5.26 Å². The van der Waals surface area contributed by atoms with Gasteiger partial charge in [-0.2, -0.15) is 10.4 Å². The van der Waals surface area contributed by atoms with Crippen LogP contribution in [0.2, 0.25) is 0 Å². The van der Waals surface area contributed by atoms with Crippen LogP contribution in [0.25, 0.3) is 16.6 Å². The van der Waals surface area contributed by atoms with Gasteiger partial charge in [0.25, 0.3) is 0 Å². The van der Waals surface area contributed by atoms with Gasteiger partial charge in [-0.05, 0) is 50.8 Å². The normalized spacial score (nSPS) is 15.9. The second-order valence-electron chi connectivity index (χ2n) is 8.40. The van der Waals surface area contributed by atoms with E-state index in [-0.39, 0.29) is 5.91 Å². The lowest BCUT2D eigenvalue weighted by atomic mass is 9.97. The van der Waals surface area contributed by atoms with E-state index in [1.807, 2.05) is 36.2 Å². The summed E-state index contributed by atoms with van der Waals surface area (Å²) in [5.74, 6) is 2.20. The Hall–Kier alpha value is -3.60. The molecule has 0 aromatic carbocycles. The number of rotatable bonds is 7. The quantitative estimate of drug-likeness (QED) is 0.549. The number of hydrogen-bond acceptors (Lipinski definition) is 6. The second-order valence-corrected chi connectivity index (χ2v) is 8.40. The van der Waals surface area contributed by atoms with Gasteiger partial charge in [-0.3, -0.25) is 4.79 Å². The molecule has 0 saturated carbocycles. The molecule has 8 heteroatoms. The van der Waals surface area contributed by atoms with Crippen molar-refractivity contribution in [1.82, 2.24) is 19.5 Å². The lowest BCUT2D eigenvalue weighted by Gasteiger charge is -2.35. The SMILES string of the molecule is CCOc1cc(-c2ccc(N(CC)CC3CCCN(C(C)=O)C3)nc2)c2c(C#N)cnn2c1. The van der Waals surface area contributed by atoms with Gasteiger partial charge in [0.15, 0.2) is 0 Å². The van der Waals surface area contributed by atoms with Gasteiger partial charge in [-0.25, -0.2) is 9.50 Å². The summed E-state index contributed by atoms with van der Waals surface area (Å²) in [4.78, 5) is 20.8. The number of pyridine rings is 2. The van der Waals surface area contributed by atoms with E-state index < -0.39 is 0 Å². The van der Waals surface area contributed by atoms with Crippen molar-refractivity contribution >= 4 is 17.2 Å². The number of nitriles is 1. The predicted octanol–water partition coefficient (Wildman–Crippen LogP) is 3.75. The molecule has 0 radical (unpaired) electrons. The molecule has 1 aliphatic rings. The average molecular weight is 447 g/mol. The molecule has 172 valence electrons. The van der Waals surface area contributed by atoms with Crippen LogP contribution >= 0.6 is 0 Å². The first-order valence-corrected chi connectivity index (χ1v) is 11.5. The van der Waals surface area contributed by atoms with Gasteiger partial charge in [0, 0.05) is 50.4 Å². The summed E-state index contributed by atoms with van der Waals surface area (Å²) in [5.41, 5.74) is 3.02. The van der Waals surface area contributed by atoms with Gasteiger partial charge in [0.2, 0.25) is 5.91 Å². The van der Waals surface area contributed by atoms with Crippen molar-refractivity contribution in [2.45, 2.75) is 33.6 Å². The summed E-state index contributed by atoms with van der Waals surface area (Å²) in [6.45, 7) is 9.64. The number of nitrogens with zero attached hydrogens (tertiary/aromatic N) is 6. The fourth-order valence-corrected chi connectivity index (χ4v) is 4.57. The summed E-state index contributed by atoms with van der Waals surface area (Å²) in [6, 6.07) is 8.22. The van der Waals surface area contributed by atoms with Crippen molar-refractivity contribution in [3.8, 4) is 22.9 Å². The minimum absolute atomic E-state index is 0.155. The van der Waals surface area contributed by atoms with Crippen LogP contribution in [0.3, 0.4) is 0 Å². The Morgan fingerprint density at radius 1 is 1.33 bits per heavy atom. The zero-order valence-electron chi connectivity index (χ0n) is 19.5. The summed E-state index contributed by atoms with van der Waals surface area (Å²) >= 11 is 0. The van der Waals surface area contributed by atoms with Gasteiger partial charge in [0.1, 0.15) is 17.6 Å². The molecule has 1 fully saturated rings. The van der Waals surface area contributed by atoms with Crippen molar-refractivity contribution in [2.24, 2.45) is 5.92 Å². The standard InChI is InChI=1S/C25H30N6O2/c1-4-29(15-19-7-6-10-30(16-19)18(3)32)24-9-8-20(13-27-24)23-11-22(33-5-2)17-31-25(23)21(12-26)14-28-31/h8-9,11,13-14,17,19H,4-7,10,15-16H2,1-3H3. The molecular formula is C25H30N6O2. The van der Waals surface area contributed by atoms with Gasteiger partial charge in [0.05, 0.1) is 30.1 Å². The number of likely N-dealkylation sites (tertiary alicyclic amines) is 1. The topological polar surface area (TPSA) is 86.8 Å². The number of ether oxygens (including phenoxy) is 1. The average Bonchev–Trinajstić information content (AvgIpc) is 3.25. The lowest BCUT2D eigenvalue weighted by Crippen LogP contribution is -2.43. The van der Waals surface area contributed by atoms with E-state index in [0.717, 1.165) is 61.5 Å². The lowest BCUT2D eigenvalue weighted by molar-refractivity contribution is -0.130. The van der Waals surface area contributed by atoms with Crippen LogP contribution in [-0.4, -0.2) is 58.2 Å². The van der Waals surface area contributed by atoms with Crippen LogP contribution in [0.1, 0.15) is 39.2 Å². The fourth-order valence-electron chi connectivity index (χ4n) is 4.57.